The molecule has 0 radical (unpaired) electrons. The first kappa shape index (κ1) is 16.5. The van der Waals surface area contributed by atoms with Crippen molar-refractivity contribution in [3.63, 3.8) is 0 Å². The number of hydrogen-bond acceptors (Lipinski definition) is 6. The number of nitrogens with one attached hydrogen (secondary N) is 2. The molecular weight excluding hydrogens is 296 g/mol. The highest BCUT2D eigenvalue weighted by Crippen LogP contribution is 2.27. The second-order valence-corrected chi connectivity index (χ2v) is 4.65. The molecule has 2 aromatic rings. The van der Waals surface area contributed by atoms with Crippen molar-refractivity contribution >= 4 is 12.2 Å². The Morgan fingerprint density at radius 2 is 2.13 bits per heavy atom. The van der Waals surface area contributed by atoms with E-state index in [9.17, 15) is 4.79 Å². The van der Waals surface area contributed by atoms with Crippen molar-refractivity contribution in [2.24, 2.45) is 5.10 Å². The predicted molar refractivity (Wildman–Crippen MR) is 89.6 cm³/mol. The fourth-order valence-corrected chi connectivity index (χ4v) is 1.95. The summed E-state index contributed by atoms with van der Waals surface area (Å²) in [7, 11) is 1.59. The number of hydrazone groups is 1. The zero-order valence-corrected chi connectivity index (χ0v) is 13.4. The van der Waals surface area contributed by atoms with Crippen LogP contribution in [0.5, 0.6) is 11.5 Å². The summed E-state index contributed by atoms with van der Waals surface area (Å²) in [6, 6.07) is 6.96. The van der Waals surface area contributed by atoms with Gasteiger partial charge in [-0.15, -0.1) is 0 Å². The van der Waals surface area contributed by atoms with E-state index in [4.69, 9.17) is 9.47 Å². The molecule has 1 heterocycles. The summed E-state index contributed by atoms with van der Waals surface area (Å²) >= 11 is 0. The van der Waals surface area contributed by atoms with E-state index in [1.54, 1.807) is 13.3 Å². The van der Waals surface area contributed by atoms with E-state index in [0.717, 1.165) is 5.56 Å². The minimum atomic E-state index is -0.211. The molecule has 0 aliphatic rings. The van der Waals surface area contributed by atoms with Gasteiger partial charge in [-0.05, 0) is 37.1 Å². The third kappa shape index (κ3) is 4.57. The maximum absolute atomic E-state index is 11.5. The summed E-state index contributed by atoms with van der Waals surface area (Å²) in [5, 5.41) is 4.08. The lowest BCUT2D eigenvalue weighted by atomic mass is 10.2. The van der Waals surface area contributed by atoms with Crippen molar-refractivity contribution in [1.82, 2.24) is 9.97 Å². The van der Waals surface area contributed by atoms with Crippen molar-refractivity contribution < 1.29 is 9.47 Å². The number of methoxy groups -OCH3 is 1. The lowest BCUT2D eigenvalue weighted by Gasteiger charge is -2.09. The van der Waals surface area contributed by atoms with Gasteiger partial charge < -0.3 is 9.47 Å². The van der Waals surface area contributed by atoms with E-state index >= 15 is 0 Å². The molecule has 0 aliphatic heterocycles. The predicted octanol–water partition coefficient (Wildman–Crippen LogP) is 2.19. The molecule has 122 valence electrons. The van der Waals surface area contributed by atoms with Gasteiger partial charge >= 0.3 is 0 Å². The molecule has 23 heavy (non-hydrogen) atoms. The van der Waals surface area contributed by atoms with Gasteiger partial charge in [-0.25, -0.2) is 10.4 Å². The largest absolute Gasteiger partial charge is 0.493 e. The normalized spacial score (nSPS) is 10.7. The van der Waals surface area contributed by atoms with Gasteiger partial charge in [0.1, 0.15) is 0 Å². The van der Waals surface area contributed by atoms with Gasteiger partial charge in [-0.2, -0.15) is 5.10 Å². The van der Waals surface area contributed by atoms with Crippen LogP contribution < -0.4 is 20.5 Å². The zero-order chi connectivity index (χ0) is 16.7. The highest BCUT2D eigenvalue weighted by molar-refractivity contribution is 5.81. The highest BCUT2D eigenvalue weighted by Gasteiger charge is 2.04. The fraction of sp³-hybridized carbons (Fsp3) is 0.312. The van der Waals surface area contributed by atoms with Gasteiger partial charge in [0.05, 0.1) is 19.9 Å². The van der Waals surface area contributed by atoms with Gasteiger partial charge in [-0.3, -0.25) is 9.78 Å². The topological polar surface area (TPSA) is 88.6 Å². The zero-order valence-electron chi connectivity index (χ0n) is 13.4. The smallest absolute Gasteiger partial charge is 0.252 e. The third-order valence-electron chi connectivity index (χ3n) is 3.03. The van der Waals surface area contributed by atoms with Crippen LogP contribution in [-0.4, -0.2) is 29.9 Å². The lowest BCUT2D eigenvalue weighted by molar-refractivity contribution is 0.311. The molecule has 0 saturated heterocycles. The highest BCUT2D eigenvalue weighted by atomic mass is 16.5. The molecule has 7 heteroatoms. The maximum Gasteiger partial charge on any atom is 0.252 e. The maximum atomic E-state index is 11.5. The van der Waals surface area contributed by atoms with Crippen molar-refractivity contribution in [3.05, 3.63) is 45.9 Å². The average molecular weight is 316 g/mol. The van der Waals surface area contributed by atoms with Crippen LogP contribution in [-0.2, 0) is 6.42 Å². The first-order valence-electron chi connectivity index (χ1n) is 7.36. The van der Waals surface area contributed by atoms with E-state index in [-0.39, 0.29) is 5.56 Å². The number of aryl methyl sites for hydroxylation is 1. The Hall–Kier alpha value is -2.83. The number of aromatic nitrogens is 2. The van der Waals surface area contributed by atoms with E-state index in [2.05, 4.69) is 20.5 Å². The summed E-state index contributed by atoms with van der Waals surface area (Å²) in [5.74, 6) is 1.63. The van der Waals surface area contributed by atoms with Crippen LogP contribution in [0, 0.1) is 0 Å². The lowest BCUT2D eigenvalue weighted by Crippen LogP contribution is -2.11. The van der Waals surface area contributed by atoms with Crippen molar-refractivity contribution in [1.29, 1.82) is 0 Å². The van der Waals surface area contributed by atoms with Crippen LogP contribution in [0.2, 0.25) is 0 Å². The van der Waals surface area contributed by atoms with Crippen molar-refractivity contribution in [3.8, 4) is 11.5 Å². The number of aromatic amines is 1. The number of ether oxygens (including phenoxy) is 2. The van der Waals surface area contributed by atoms with E-state index < -0.39 is 0 Å². The molecule has 0 spiro atoms. The molecule has 0 amide bonds. The average Bonchev–Trinajstić information content (AvgIpc) is 2.55. The molecule has 0 bridgehead atoms. The summed E-state index contributed by atoms with van der Waals surface area (Å²) in [4.78, 5) is 18.3. The molecule has 0 unspecified atom stereocenters. The van der Waals surface area contributed by atoms with Gasteiger partial charge in [0.25, 0.3) is 5.56 Å². The molecule has 0 atom stereocenters. The van der Waals surface area contributed by atoms with Crippen LogP contribution >= 0.6 is 0 Å². The molecule has 2 rings (SSSR count). The number of hydrogen-bond donors (Lipinski definition) is 2. The van der Waals surface area contributed by atoms with Crippen LogP contribution in [0.3, 0.4) is 0 Å². The number of anilines is 1. The molecule has 0 fully saturated rings. The molecule has 2 N–H and O–H groups in total. The van der Waals surface area contributed by atoms with Gasteiger partial charge in [-0.1, -0.05) is 6.92 Å². The number of H-pyrrole nitrogens is 1. The molecule has 1 aromatic heterocycles. The SMILES string of the molecule is CCOc1ccc(/C=N\Nc2nc(CC)cc(=O)[nH]2)cc1OC. The van der Waals surface area contributed by atoms with Gasteiger partial charge in [0, 0.05) is 11.8 Å². The second kappa shape index (κ2) is 7.98. The Morgan fingerprint density at radius 1 is 1.30 bits per heavy atom. The van der Waals surface area contributed by atoms with Crippen molar-refractivity contribution in [2.75, 3.05) is 19.1 Å². The van der Waals surface area contributed by atoms with Crippen LogP contribution in [0.4, 0.5) is 5.95 Å². The molecule has 0 aliphatic carbocycles. The quantitative estimate of drug-likeness (QED) is 0.604. The number of nitrogens with zero attached hydrogens (tertiary/aromatic N) is 2. The Morgan fingerprint density at radius 3 is 2.83 bits per heavy atom. The van der Waals surface area contributed by atoms with Crippen LogP contribution in [0.25, 0.3) is 0 Å². The third-order valence-corrected chi connectivity index (χ3v) is 3.03. The fourth-order valence-electron chi connectivity index (χ4n) is 1.95. The van der Waals surface area contributed by atoms with E-state index in [1.807, 2.05) is 32.0 Å². The van der Waals surface area contributed by atoms with Crippen LogP contribution in [0.15, 0.2) is 34.2 Å². The van der Waals surface area contributed by atoms with Gasteiger partial charge in [0.15, 0.2) is 11.5 Å². The Kier molecular flexibility index (Phi) is 5.74. The van der Waals surface area contributed by atoms with E-state index in [0.29, 0.717) is 36.2 Å². The summed E-state index contributed by atoms with van der Waals surface area (Å²) in [5.41, 5.74) is 4.03. The molecule has 1 aromatic carbocycles. The minimum Gasteiger partial charge on any atom is -0.493 e. The van der Waals surface area contributed by atoms with Crippen molar-refractivity contribution in [2.45, 2.75) is 20.3 Å². The summed E-state index contributed by atoms with van der Waals surface area (Å²) < 4.78 is 10.7. The Labute approximate surface area is 134 Å². The van der Waals surface area contributed by atoms with Gasteiger partial charge in [0.2, 0.25) is 5.95 Å². The molecule has 0 saturated carbocycles. The second-order valence-electron chi connectivity index (χ2n) is 4.65. The number of benzene rings is 1. The Balaban J connectivity index is 2.11. The first-order valence-corrected chi connectivity index (χ1v) is 7.36. The molecular formula is C16H20N4O3. The monoisotopic (exact) mass is 316 g/mol. The first-order chi connectivity index (χ1) is 11.2. The Bertz CT molecular complexity index is 740. The minimum absolute atomic E-state index is 0.211. The summed E-state index contributed by atoms with van der Waals surface area (Å²) in [6.45, 7) is 4.41. The van der Waals surface area contributed by atoms with E-state index in [1.165, 1.54) is 6.07 Å². The molecule has 7 nitrogen and oxygen atoms in total. The standard InChI is InChI=1S/C16H20N4O3/c1-4-12-9-15(21)19-16(18-12)20-17-10-11-6-7-13(23-5-2)14(8-11)22-3/h6-10H,4-5H2,1-3H3,(H2,18,19,20,21)/b17-10-. The number of rotatable bonds is 7. The summed E-state index contributed by atoms with van der Waals surface area (Å²) in [6.07, 6.45) is 2.29. The van der Waals surface area contributed by atoms with Crippen LogP contribution in [0.1, 0.15) is 25.1 Å².